The lowest BCUT2D eigenvalue weighted by molar-refractivity contribution is -0.114. The normalized spacial score (nSPS) is 11.9. The van der Waals surface area contributed by atoms with Crippen molar-refractivity contribution >= 4 is 28.6 Å². The van der Waals surface area contributed by atoms with Crippen LogP contribution in [0.25, 0.3) is 0 Å². The van der Waals surface area contributed by atoms with Crippen LogP contribution in [0.4, 0.5) is 11.4 Å². The van der Waals surface area contributed by atoms with Gasteiger partial charge in [-0.3, -0.25) is 4.79 Å². The molecule has 4 nitrogen and oxygen atoms in total. The number of amides is 1. The molecule has 0 radical (unpaired) electrons. The molecular formula is C14H17N3OS. The van der Waals surface area contributed by atoms with Gasteiger partial charge >= 0.3 is 0 Å². The van der Waals surface area contributed by atoms with Gasteiger partial charge < -0.3 is 10.6 Å². The van der Waals surface area contributed by atoms with E-state index in [0.717, 1.165) is 21.9 Å². The van der Waals surface area contributed by atoms with Crippen molar-refractivity contribution in [2.75, 3.05) is 10.6 Å². The monoisotopic (exact) mass is 275 g/mol. The van der Waals surface area contributed by atoms with Crippen LogP contribution in [0.3, 0.4) is 0 Å². The molecule has 0 saturated carbocycles. The van der Waals surface area contributed by atoms with Gasteiger partial charge in [0.15, 0.2) is 0 Å². The molecule has 2 rings (SSSR count). The van der Waals surface area contributed by atoms with Crippen molar-refractivity contribution in [2.24, 2.45) is 0 Å². The molecule has 0 fully saturated rings. The van der Waals surface area contributed by atoms with E-state index in [0.29, 0.717) is 0 Å². The predicted octanol–water partition coefficient (Wildman–Crippen LogP) is 3.58. The van der Waals surface area contributed by atoms with Crippen LogP contribution >= 0.6 is 11.3 Å². The summed E-state index contributed by atoms with van der Waals surface area (Å²) < 4.78 is 0. The summed E-state index contributed by atoms with van der Waals surface area (Å²) in [6, 6.07) is 6.08. The SMILES string of the molecule is CC(=O)Nc1cc(NC(C)c2nccs2)ccc1C. The second kappa shape index (κ2) is 5.84. The van der Waals surface area contributed by atoms with Gasteiger partial charge in [0.2, 0.25) is 5.91 Å². The van der Waals surface area contributed by atoms with Crippen molar-refractivity contribution in [2.45, 2.75) is 26.8 Å². The minimum absolute atomic E-state index is 0.0618. The molecule has 1 aromatic heterocycles. The van der Waals surface area contributed by atoms with E-state index < -0.39 is 0 Å². The zero-order valence-corrected chi connectivity index (χ0v) is 12.0. The van der Waals surface area contributed by atoms with Gasteiger partial charge in [-0.1, -0.05) is 6.07 Å². The minimum Gasteiger partial charge on any atom is -0.376 e. The molecule has 0 spiro atoms. The van der Waals surface area contributed by atoms with Gasteiger partial charge in [-0.15, -0.1) is 11.3 Å². The Labute approximate surface area is 116 Å². The van der Waals surface area contributed by atoms with Gasteiger partial charge in [0.05, 0.1) is 6.04 Å². The molecule has 1 atom stereocenters. The molecule has 1 amide bonds. The Bertz CT molecular complexity index is 566. The van der Waals surface area contributed by atoms with Crippen LogP contribution in [0.1, 0.15) is 30.5 Å². The number of nitrogens with zero attached hydrogens (tertiary/aromatic N) is 1. The number of hydrogen-bond donors (Lipinski definition) is 2. The predicted molar refractivity (Wildman–Crippen MR) is 79.6 cm³/mol. The second-order valence-electron chi connectivity index (χ2n) is 4.45. The molecule has 19 heavy (non-hydrogen) atoms. The van der Waals surface area contributed by atoms with Crippen LogP contribution in [0, 0.1) is 6.92 Å². The molecule has 0 saturated heterocycles. The second-order valence-corrected chi connectivity index (χ2v) is 5.37. The van der Waals surface area contributed by atoms with E-state index in [1.165, 1.54) is 6.92 Å². The zero-order valence-electron chi connectivity index (χ0n) is 11.2. The average Bonchev–Trinajstić information content (AvgIpc) is 2.86. The molecule has 1 aromatic carbocycles. The third-order valence-electron chi connectivity index (χ3n) is 2.75. The van der Waals surface area contributed by atoms with Crippen LogP contribution in [0.2, 0.25) is 0 Å². The summed E-state index contributed by atoms with van der Waals surface area (Å²) >= 11 is 1.62. The number of thiazole rings is 1. The largest absolute Gasteiger partial charge is 0.376 e. The summed E-state index contributed by atoms with van der Waals surface area (Å²) in [5.74, 6) is -0.0618. The molecule has 2 aromatic rings. The standard InChI is InChI=1S/C14H17N3OS/c1-9-4-5-12(8-13(9)17-11(3)18)16-10(2)14-15-6-7-19-14/h4-8,10,16H,1-3H3,(H,17,18). The van der Waals surface area contributed by atoms with Crippen molar-refractivity contribution in [1.82, 2.24) is 4.98 Å². The van der Waals surface area contributed by atoms with Crippen molar-refractivity contribution in [3.05, 3.63) is 40.3 Å². The lowest BCUT2D eigenvalue weighted by atomic mass is 10.1. The number of benzene rings is 1. The van der Waals surface area contributed by atoms with E-state index in [9.17, 15) is 4.79 Å². The van der Waals surface area contributed by atoms with Gasteiger partial charge in [0, 0.05) is 29.9 Å². The first kappa shape index (κ1) is 13.5. The lowest BCUT2D eigenvalue weighted by Crippen LogP contribution is -2.09. The molecule has 0 aliphatic heterocycles. The van der Waals surface area contributed by atoms with Crippen LogP contribution < -0.4 is 10.6 Å². The van der Waals surface area contributed by atoms with Crippen LogP contribution in [-0.2, 0) is 4.79 Å². The van der Waals surface area contributed by atoms with Crippen molar-refractivity contribution in [1.29, 1.82) is 0 Å². The number of rotatable bonds is 4. The number of nitrogens with one attached hydrogen (secondary N) is 2. The lowest BCUT2D eigenvalue weighted by Gasteiger charge is -2.15. The molecule has 0 aliphatic rings. The Morgan fingerprint density at radius 2 is 2.21 bits per heavy atom. The maximum atomic E-state index is 11.1. The maximum absolute atomic E-state index is 11.1. The third kappa shape index (κ3) is 3.54. The molecule has 1 heterocycles. The van der Waals surface area contributed by atoms with Crippen molar-refractivity contribution in [3.8, 4) is 0 Å². The highest BCUT2D eigenvalue weighted by Gasteiger charge is 2.09. The fourth-order valence-corrected chi connectivity index (χ4v) is 2.44. The first-order chi connectivity index (χ1) is 9.06. The molecule has 2 N–H and O–H groups in total. The Kier molecular flexibility index (Phi) is 4.16. The van der Waals surface area contributed by atoms with Gasteiger partial charge in [-0.2, -0.15) is 0 Å². The Hall–Kier alpha value is -1.88. The number of aryl methyl sites for hydroxylation is 1. The molecule has 1 unspecified atom stereocenters. The molecule has 0 aliphatic carbocycles. The van der Waals surface area contributed by atoms with Crippen molar-refractivity contribution < 1.29 is 4.79 Å². The van der Waals surface area contributed by atoms with Crippen LogP contribution in [-0.4, -0.2) is 10.9 Å². The van der Waals surface area contributed by atoms with Gasteiger partial charge in [0.25, 0.3) is 0 Å². The number of carbonyl (C=O) groups is 1. The minimum atomic E-state index is -0.0618. The quantitative estimate of drug-likeness (QED) is 0.896. The number of anilines is 2. The topological polar surface area (TPSA) is 54.0 Å². The molecule has 100 valence electrons. The number of carbonyl (C=O) groups excluding carboxylic acids is 1. The smallest absolute Gasteiger partial charge is 0.221 e. The summed E-state index contributed by atoms with van der Waals surface area (Å²) in [7, 11) is 0. The highest BCUT2D eigenvalue weighted by molar-refractivity contribution is 7.09. The van der Waals surface area contributed by atoms with Crippen LogP contribution in [0.5, 0.6) is 0 Å². The van der Waals surface area contributed by atoms with E-state index in [1.807, 2.05) is 30.5 Å². The van der Waals surface area contributed by atoms with E-state index in [1.54, 1.807) is 17.5 Å². The Morgan fingerprint density at radius 3 is 2.84 bits per heavy atom. The molecule has 5 heteroatoms. The zero-order chi connectivity index (χ0) is 13.8. The fourth-order valence-electron chi connectivity index (χ4n) is 1.80. The summed E-state index contributed by atoms with van der Waals surface area (Å²) in [5.41, 5.74) is 2.85. The fraction of sp³-hybridized carbons (Fsp3) is 0.286. The first-order valence-electron chi connectivity index (χ1n) is 6.10. The van der Waals surface area contributed by atoms with E-state index in [-0.39, 0.29) is 11.9 Å². The molecular weight excluding hydrogens is 258 g/mol. The van der Waals surface area contributed by atoms with Gasteiger partial charge in [-0.05, 0) is 31.5 Å². The van der Waals surface area contributed by atoms with Crippen LogP contribution in [0.15, 0.2) is 29.8 Å². The summed E-state index contributed by atoms with van der Waals surface area (Å²) in [6.45, 7) is 5.55. The number of aromatic nitrogens is 1. The summed E-state index contributed by atoms with van der Waals surface area (Å²) in [5, 5.41) is 9.22. The summed E-state index contributed by atoms with van der Waals surface area (Å²) in [4.78, 5) is 15.4. The maximum Gasteiger partial charge on any atom is 0.221 e. The van der Waals surface area contributed by atoms with E-state index in [4.69, 9.17) is 0 Å². The Morgan fingerprint density at radius 1 is 1.42 bits per heavy atom. The first-order valence-corrected chi connectivity index (χ1v) is 6.98. The van der Waals surface area contributed by atoms with Gasteiger partial charge in [-0.25, -0.2) is 4.98 Å². The third-order valence-corrected chi connectivity index (χ3v) is 3.71. The van der Waals surface area contributed by atoms with Crippen molar-refractivity contribution in [3.63, 3.8) is 0 Å². The highest BCUT2D eigenvalue weighted by Crippen LogP contribution is 2.25. The number of hydrogen-bond acceptors (Lipinski definition) is 4. The van der Waals surface area contributed by atoms with Gasteiger partial charge in [0.1, 0.15) is 5.01 Å². The Balaban J connectivity index is 2.14. The highest BCUT2D eigenvalue weighted by atomic mass is 32.1. The van der Waals surface area contributed by atoms with E-state index >= 15 is 0 Å². The summed E-state index contributed by atoms with van der Waals surface area (Å²) in [6.07, 6.45) is 1.80. The van der Waals surface area contributed by atoms with E-state index in [2.05, 4.69) is 22.5 Å². The average molecular weight is 275 g/mol. The molecule has 0 bridgehead atoms.